The number of amides is 3. The zero-order chi connectivity index (χ0) is 38.4. The Morgan fingerprint density at radius 2 is 1.91 bits per heavy atom. The summed E-state index contributed by atoms with van der Waals surface area (Å²) < 4.78 is 40.8. The highest BCUT2D eigenvalue weighted by molar-refractivity contribution is 6.06. The van der Waals surface area contributed by atoms with Crippen LogP contribution in [0.25, 0.3) is 21.9 Å². The third-order valence-electron chi connectivity index (χ3n) is 11.3. The number of para-hydroxylation sites is 1. The number of benzene rings is 2. The first-order chi connectivity index (χ1) is 26.5. The number of H-pyrrole nitrogens is 1. The number of halogens is 2. The van der Waals surface area contributed by atoms with E-state index in [2.05, 4.69) is 20.6 Å². The molecule has 284 valence electrons. The molecule has 1 saturated carbocycles. The molecule has 0 bridgehead atoms. The van der Waals surface area contributed by atoms with Crippen molar-refractivity contribution in [2.75, 3.05) is 32.1 Å². The third-order valence-corrected chi connectivity index (χ3v) is 11.3. The maximum atomic E-state index is 16.0. The highest BCUT2D eigenvalue weighted by Crippen LogP contribution is 2.43. The number of hydrogen-bond donors (Lipinski definition) is 3. The predicted octanol–water partition coefficient (Wildman–Crippen LogP) is 5.04. The predicted molar refractivity (Wildman–Crippen MR) is 197 cm³/mol. The van der Waals surface area contributed by atoms with E-state index in [-0.39, 0.29) is 42.3 Å². The van der Waals surface area contributed by atoms with E-state index in [0.29, 0.717) is 46.6 Å². The number of rotatable bonds is 8. The van der Waals surface area contributed by atoms with Gasteiger partial charge in [0, 0.05) is 43.0 Å². The van der Waals surface area contributed by atoms with Crippen LogP contribution in [0.5, 0.6) is 5.75 Å². The second-order valence-corrected chi connectivity index (χ2v) is 14.8. The van der Waals surface area contributed by atoms with Gasteiger partial charge in [-0.15, -0.1) is 0 Å². The van der Waals surface area contributed by atoms with E-state index in [1.807, 2.05) is 21.8 Å². The number of imidazole rings is 1. The Morgan fingerprint density at radius 1 is 1.09 bits per heavy atom. The zero-order valence-electron chi connectivity index (χ0n) is 30.1. The van der Waals surface area contributed by atoms with Crippen molar-refractivity contribution in [1.29, 1.82) is 5.26 Å². The van der Waals surface area contributed by atoms with E-state index < -0.39 is 47.8 Å². The smallest absolute Gasteiger partial charge is 0.327 e. The number of alkyl halides is 2. The third kappa shape index (κ3) is 6.95. The molecule has 3 aromatic heterocycles. The number of carbonyl (C=O) groups excluding carboxylic acids is 3. The molecule has 0 spiro atoms. The molecule has 14 nitrogen and oxygen atoms in total. The molecule has 2 saturated heterocycles. The number of ether oxygens (including phenoxy) is 1. The van der Waals surface area contributed by atoms with Crippen LogP contribution >= 0.6 is 0 Å². The van der Waals surface area contributed by atoms with E-state index in [0.717, 1.165) is 31.1 Å². The van der Waals surface area contributed by atoms with E-state index in [1.165, 1.54) is 30.1 Å². The minimum absolute atomic E-state index is 0.0911. The fraction of sp³-hybridized carbons (Fsp3) is 0.410. The van der Waals surface area contributed by atoms with Crippen LogP contribution in [0, 0.1) is 17.2 Å². The summed E-state index contributed by atoms with van der Waals surface area (Å²) >= 11 is 0. The summed E-state index contributed by atoms with van der Waals surface area (Å²) in [5.74, 6) is -4.87. The molecule has 5 heterocycles. The normalized spacial score (nSPS) is 23.0. The van der Waals surface area contributed by atoms with Crippen molar-refractivity contribution in [2.24, 2.45) is 5.92 Å². The van der Waals surface area contributed by atoms with Gasteiger partial charge in [-0.1, -0.05) is 12.1 Å². The van der Waals surface area contributed by atoms with Crippen molar-refractivity contribution in [2.45, 2.75) is 68.9 Å². The van der Waals surface area contributed by atoms with Crippen LogP contribution in [0.1, 0.15) is 84.4 Å². The first-order valence-electron chi connectivity index (χ1n) is 18.4. The molecule has 55 heavy (non-hydrogen) atoms. The van der Waals surface area contributed by atoms with Gasteiger partial charge in [-0.25, -0.2) is 13.6 Å². The summed E-state index contributed by atoms with van der Waals surface area (Å²) in [5, 5.41) is 19.9. The second-order valence-electron chi connectivity index (χ2n) is 14.8. The number of nitrogens with one attached hydrogen (secondary N) is 3. The van der Waals surface area contributed by atoms with Gasteiger partial charge >= 0.3 is 5.69 Å². The van der Waals surface area contributed by atoms with Crippen LogP contribution < -0.4 is 21.1 Å². The maximum Gasteiger partial charge on any atom is 0.327 e. The summed E-state index contributed by atoms with van der Waals surface area (Å²) in [6, 6.07) is 11.2. The Bertz CT molecular complexity index is 2420. The lowest BCUT2D eigenvalue weighted by atomic mass is 9.83. The molecule has 3 aliphatic rings. The van der Waals surface area contributed by atoms with Gasteiger partial charge in [0.15, 0.2) is 0 Å². The Morgan fingerprint density at radius 3 is 2.65 bits per heavy atom. The zero-order valence-corrected chi connectivity index (χ0v) is 30.1. The summed E-state index contributed by atoms with van der Waals surface area (Å²) in [5.41, 5.74) is 2.16. The fourth-order valence-corrected chi connectivity index (χ4v) is 8.55. The highest BCUT2D eigenvalue weighted by Gasteiger charge is 2.46. The molecule has 2 atom stereocenters. The topological polar surface area (TPSA) is 180 Å². The number of piperidine rings is 2. The molecule has 2 aliphatic heterocycles. The van der Waals surface area contributed by atoms with Crippen LogP contribution in [0.3, 0.4) is 0 Å². The summed E-state index contributed by atoms with van der Waals surface area (Å²) in [6.45, 7) is 0.661. The number of pyridine rings is 1. The Hall–Kier alpha value is -5.95. The number of likely N-dealkylation sites (tertiary alicyclic amines) is 1. The van der Waals surface area contributed by atoms with E-state index in [4.69, 9.17) is 15.1 Å². The molecule has 1 unspecified atom stereocenters. The van der Waals surface area contributed by atoms with Gasteiger partial charge in [0.2, 0.25) is 11.8 Å². The number of hydrogen-bond acceptors (Lipinski definition) is 9. The molecule has 8 rings (SSSR count). The average molecular weight is 752 g/mol. The van der Waals surface area contributed by atoms with Crippen molar-refractivity contribution in [3.63, 3.8) is 0 Å². The first-order valence-corrected chi connectivity index (χ1v) is 18.4. The van der Waals surface area contributed by atoms with Crippen molar-refractivity contribution in [3.05, 3.63) is 82.2 Å². The number of nitriles is 1. The van der Waals surface area contributed by atoms with Gasteiger partial charge in [0.1, 0.15) is 17.9 Å². The fourth-order valence-electron chi connectivity index (χ4n) is 8.55. The molecular formula is C39H39F2N9O5. The van der Waals surface area contributed by atoms with Crippen LogP contribution in [0.15, 0.2) is 59.8 Å². The monoisotopic (exact) mass is 751 g/mol. The van der Waals surface area contributed by atoms with E-state index >= 15 is 8.78 Å². The molecule has 0 radical (unpaired) electrons. The molecular weight excluding hydrogens is 712 g/mol. The van der Waals surface area contributed by atoms with Crippen molar-refractivity contribution in [3.8, 4) is 11.8 Å². The molecule has 3 amide bonds. The largest absolute Gasteiger partial charge is 0.494 e. The van der Waals surface area contributed by atoms with E-state index in [9.17, 15) is 19.2 Å². The van der Waals surface area contributed by atoms with Gasteiger partial charge in [-0.2, -0.15) is 10.4 Å². The number of imide groups is 1. The van der Waals surface area contributed by atoms with E-state index in [1.54, 1.807) is 30.3 Å². The van der Waals surface area contributed by atoms with Gasteiger partial charge < -0.3 is 15.0 Å². The average Bonchev–Trinajstić information content (AvgIpc) is 3.74. The number of aromatic amines is 1. The van der Waals surface area contributed by atoms with Gasteiger partial charge in [0.25, 0.3) is 11.8 Å². The first kappa shape index (κ1) is 36.0. The quantitative estimate of drug-likeness (QED) is 0.183. The van der Waals surface area contributed by atoms with Crippen LogP contribution in [0.2, 0.25) is 0 Å². The SMILES string of the molecule is COc1cc2nn(C3CCC(CN4CC[C@@H](c5cccc6c5[nH]c(=O)n6C5CCC(=O)NC5=O)C(F)(F)C4)CC3)cc2cc1NC(=O)c1cncc(C#N)c1. The molecule has 3 N–H and O–H groups in total. The van der Waals surface area contributed by atoms with Gasteiger partial charge in [0.05, 0.1) is 59.0 Å². The lowest BCUT2D eigenvalue weighted by Gasteiger charge is -2.41. The molecule has 1 aliphatic carbocycles. The number of methoxy groups -OCH3 is 1. The summed E-state index contributed by atoms with van der Waals surface area (Å²) in [6.07, 6.45) is 8.59. The van der Waals surface area contributed by atoms with Gasteiger partial charge in [-0.3, -0.25) is 38.8 Å². The lowest BCUT2D eigenvalue weighted by Crippen LogP contribution is -2.49. The Kier molecular flexibility index (Phi) is 9.42. The van der Waals surface area contributed by atoms with Crippen LogP contribution in [-0.2, 0) is 9.59 Å². The van der Waals surface area contributed by atoms with Crippen molar-refractivity contribution in [1.82, 2.24) is 34.5 Å². The highest BCUT2D eigenvalue weighted by atomic mass is 19.3. The maximum absolute atomic E-state index is 16.0. The minimum Gasteiger partial charge on any atom is -0.494 e. The summed E-state index contributed by atoms with van der Waals surface area (Å²) in [4.78, 5) is 58.8. The van der Waals surface area contributed by atoms with Crippen LogP contribution in [0.4, 0.5) is 14.5 Å². The van der Waals surface area contributed by atoms with Crippen molar-refractivity contribution >= 4 is 45.3 Å². The lowest BCUT2D eigenvalue weighted by molar-refractivity contribution is -0.135. The Balaban J connectivity index is 0.901. The molecule has 2 aromatic carbocycles. The molecule has 5 aromatic rings. The standard InChI is InChI=1S/C39H39F2N9O5/c1-55-33-15-29-25(14-30(33)44-36(52)24-13-23(16-42)17-43-18-24)20-49(47-29)26-7-5-22(6-8-26)19-48-12-11-28(39(40,41)21-48)27-3-2-4-31-35(27)46-38(54)50(31)32-9-10-34(51)45-37(32)53/h2-4,13-15,17-18,20,22,26,28,32H,5-12,19,21H2,1H3,(H,44,52)(H,46,54)(H,45,51,53)/t22?,26?,28-,32?/m0/s1. The van der Waals surface area contributed by atoms with Gasteiger partial charge in [-0.05, 0) is 74.8 Å². The minimum atomic E-state index is -3.05. The number of carbonyl (C=O) groups is 3. The molecule has 3 fully saturated rings. The second kappa shape index (κ2) is 14.4. The number of anilines is 1. The molecule has 16 heteroatoms. The number of aromatic nitrogens is 5. The number of nitrogens with zero attached hydrogens (tertiary/aromatic N) is 6. The van der Waals surface area contributed by atoms with Crippen molar-refractivity contribution < 1.29 is 27.9 Å². The number of fused-ring (bicyclic) bond motifs is 2. The summed E-state index contributed by atoms with van der Waals surface area (Å²) in [7, 11) is 1.51. The van der Waals surface area contributed by atoms with Crippen LogP contribution in [-0.4, -0.2) is 79.6 Å². The Labute approximate surface area is 313 Å².